The Hall–Kier alpha value is -2.84. The maximum absolute atomic E-state index is 13.7. The Bertz CT molecular complexity index is 747. The molecule has 0 saturated carbocycles. The normalized spacial score (nSPS) is 12.5. The molecule has 0 spiro atoms. The zero-order valence-corrected chi connectivity index (χ0v) is 12.8. The van der Waals surface area contributed by atoms with Gasteiger partial charge in [-0.05, 0) is 30.3 Å². The van der Waals surface area contributed by atoms with Crippen LogP contribution >= 0.6 is 0 Å². The number of benzene rings is 1. The Morgan fingerprint density at radius 3 is 2.36 bits per heavy atom. The SMILES string of the molecule is CC(COc1ccc(Oc2ncc(C(F)(F)F)cc2F)cc1)C(=O)[O-]. The average molecular weight is 358 g/mol. The topological polar surface area (TPSA) is 71.5 Å². The van der Waals surface area contributed by atoms with E-state index in [1.54, 1.807) is 0 Å². The van der Waals surface area contributed by atoms with E-state index < -0.39 is 35.3 Å². The zero-order valence-electron chi connectivity index (χ0n) is 12.8. The molecule has 5 nitrogen and oxygen atoms in total. The second-order valence-electron chi connectivity index (χ2n) is 5.11. The first-order chi connectivity index (χ1) is 11.7. The first-order valence-electron chi connectivity index (χ1n) is 7.01. The van der Waals surface area contributed by atoms with Crippen LogP contribution in [0.15, 0.2) is 36.5 Å². The van der Waals surface area contributed by atoms with Crippen LogP contribution in [0.2, 0.25) is 0 Å². The van der Waals surface area contributed by atoms with E-state index in [-0.39, 0.29) is 12.4 Å². The van der Waals surface area contributed by atoms with Crippen molar-refractivity contribution in [2.75, 3.05) is 6.61 Å². The van der Waals surface area contributed by atoms with Crippen molar-refractivity contribution in [2.24, 2.45) is 5.92 Å². The molecule has 1 heterocycles. The van der Waals surface area contributed by atoms with Crippen LogP contribution in [0.4, 0.5) is 17.6 Å². The lowest BCUT2D eigenvalue weighted by atomic mass is 10.2. The molecule has 0 amide bonds. The smallest absolute Gasteiger partial charge is 0.417 e. The zero-order chi connectivity index (χ0) is 18.6. The molecule has 1 aromatic carbocycles. The molecule has 2 aromatic rings. The Morgan fingerprint density at radius 1 is 1.24 bits per heavy atom. The summed E-state index contributed by atoms with van der Waals surface area (Å²) >= 11 is 0. The first kappa shape index (κ1) is 18.5. The first-order valence-corrected chi connectivity index (χ1v) is 7.01. The number of hydrogen-bond acceptors (Lipinski definition) is 5. The van der Waals surface area contributed by atoms with Crippen molar-refractivity contribution in [1.29, 1.82) is 0 Å². The summed E-state index contributed by atoms with van der Waals surface area (Å²) in [5.41, 5.74) is -1.22. The number of carbonyl (C=O) groups excluding carboxylic acids is 1. The van der Waals surface area contributed by atoms with E-state index in [4.69, 9.17) is 9.47 Å². The van der Waals surface area contributed by atoms with Gasteiger partial charge in [-0.25, -0.2) is 9.37 Å². The minimum Gasteiger partial charge on any atom is -0.550 e. The summed E-state index contributed by atoms with van der Waals surface area (Å²) in [6.45, 7) is 1.32. The molecule has 0 radical (unpaired) electrons. The molecule has 2 rings (SSSR count). The van der Waals surface area contributed by atoms with E-state index in [2.05, 4.69) is 4.98 Å². The maximum Gasteiger partial charge on any atom is 0.417 e. The van der Waals surface area contributed by atoms with Crippen molar-refractivity contribution in [3.05, 3.63) is 47.9 Å². The van der Waals surface area contributed by atoms with Crippen molar-refractivity contribution in [3.8, 4) is 17.4 Å². The van der Waals surface area contributed by atoms with E-state index in [1.807, 2.05) is 0 Å². The summed E-state index contributed by atoms with van der Waals surface area (Å²) < 4.78 is 61.3. The van der Waals surface area contributed by atoms with Crippen LogP contribution in [-0.4, -0.2) is 17.6 Å². The number of alkyl halides is 3. The van der Waals surface area contributed by atoms with Crippen molar-refractivity contribution in [1.82, 2.24) is 4.98 Å². The van der Waals surface area contributed by atoms with E-state index >= 15 is 0 Å². The highest BCUT2D eigenvalue weighted by atomic mass is 19.4. The number of carbonyl (C=O) groups is 1. The molecular weight excluding hydrogens is 346 g/mol. The molecule has 0 aliphatic carbocycles. The molecule has 0 saturated heterocycles. The van der Waals surface area contributed by atoms with Gasteiger partial charge in [0.15, 0.2) is 5.82 Å². The van der Waals surface area contributed by atoms with E-state index in [0.29, 0.717) is 18.0 Å². The summed E-state index contributed by atoms with van der Waals surface area (Å²) in [7, 11) is 0. The lowest BCUT2D eigenvalue weighted by Gasteiger charge is -2.14. The van der Waals surface area contributed by atoms with Gasteiger partial charge in [-0.3, -0.25) is 0 Å². The van der Waals surface area contributed by atoms with Crippen molar-refractivity contribution >= 4 is 5.97 Å². The minimum absolute atomic E-state index is 0.0996. The molecule has 0 aliphatic rings. The summed E-state index contributed by atoms with van der Waals surface area (Å²) in [5, 5.41) is 10.6. The molecule has 0 fully saturated rings. The number of pyridine rings is 1. The number of rotatable bonds is 6. The minimum atomic E-state index is -4.70. The second kappa shape index (κ2) is 7.37. The summed E-state index contributed by atoms with van der Waals surface area (Å²) in [4.78, 5) is 13.9. The van der Waals surface area contributed by atoms with E-state index in [9.17, 15) is 27.5 Å². The molecule has 0 N–H and O–H groups in total. The fraction of sp³-hybridized carbons (Fsp3) is 0.250. The lowest BCUT2D eigenvalue weighted by Crippen LogP contribution is -2.32. The van der Waals surface area contributed by atoms with Gasteiger partial charge < -0.3 is 19.4 Å². The number of halogens is 4. The van der Waals surface area contributed by atoms with Gasteiger partial charge in [-0.1, -0.05) is 6.92 Å². The van der Waals surface area contributed by atoms with Gasteiger partial charge in [0.1, 0.15) is 11.5 Å². The van der Waals surface area contributed by atoms with Crippen LogP contribution in [0, 0.1) is 11.7 Å². The average Bonchev–Trinajstić information content (AvgIpc) is 2.54. The third kappa shape index (κ3) is 5.07. The fourth-order valence-electron chi connectivity index (χ4n) is 1.66. The fourth-order valence-corrected chi connectivity index (χ4v) is 1.66. The Morgan fingerprint density at radius 2 is 1.84 bits per heavy atom. The van der Waals surface area contributed by atoms with Crippen molar-refractivity contribution in [2.45, 2.75) is 13.1 Å². The molecule has 0 aliphatic heterocycles. The Balaban J connectivity index is 2.03. The highest BCUT2D eigenvalue weighted by Gasteiger charge is 2.32. The molecule has 0 bridgehead atoms. The van der Waals surface area contributed by atoms with Crippen molar-refractivity contribution < 1.29 is 36.9 Å². The second-order valence-corrected chi connectivity index (χ2v) is 5.11. The molecule has 25 heavy (non-hydrogen) atoms. The van der Waals surface area contributed by atoms with Gasteiger partial charge in [-0.15, -0.1) is 0 Å². The van der Waals surface area contributed by atoms with Gasteiger partial charge in [0.25, 0.3) is 5.88 Å². The maximum atomic E-state index is 13.7. The van der Waals surface area contributed by atoms with Crippen LogP contribution < -0.4 is 14.6 Å². The van der Waals surface area contributed by atoms with Crippen LogP contribution in [-0.2, 0) is 11.0 Å². The van der Waals surface area contributed by atoms with E-state index in [1.165, 1.54) is 31.2 Å². The van der Waals surface area contributed by atoms with Crippen LogP contribution in [0.5, 0.6) is 17.4 Å². The van der Waals surface area contributed by atoms with Gasteiger partial charge in [0.2, 0.25) is 0 Å². The highest BCUT2D eigenvalue weighted by Crippen LogP contribution is 2.32. The predicted octanol–water partition coefficient (Wildman–Crippen LogP) is 2.80. The Labute approximate surface area is 139 Å². The third-order valence-corrected chi connectivity index (χ3v) is 3.08. The van der Waals surface area contributed by atoms with Gasteiger partial charge in [0.05, 0.1) is 12.2 Å². The summed E-state index contributed by atoms with van der Waals surface area (Å²) in [6, 6.07) is 5.90. The monoisotopic (exact) mass is 358 g/mol. The quantitative estimate of drug-likeness (QED) is 0.743. The largest absolute Gasteiger partial charge is 0.550 e. The third-order valence-electron chi connectivity index (χ3n) is 3.08. The summed E-state index contributed by atoms with van der Waals surface area (Å²) in [6.07, 6.45) is -4.23. The lowest BCUT2D eigenvalue weighted by molar-refractivity contribution is -0.311. The van der Waals surface area contributed by atoms with Crippen LogP contribution in [0.3, 0.4) is 0 Å². The number of nitrogens with zero attached hydrogens (tertiary/aromatic N) is 1. The van der Waals surface area contributed by atoms with Crippen LogP contribution in [0.25, 0.3) is 0 Å². The van der Waals surface area contributed by atoms with Gasteiger partial charge >= 0.3 is 6.18 Å². The predicted molar refractivity (Wildman–Crippen MR) is 75.4 cm³/mol. The van der Waals surface area contributed by atoms with Gasteiger partial charge in [0, 0.05) is 18.1 Å². The Kier molecular flexibility index (Phi) is 5.45. The number of ether oxygens (including phenoxy) is 2. The number of aromatic nitrogens is 1. The molecule has 1 aromatic heterocycles. The summed E-state index contributed by atoms with van der Waals surface area (Å²) in [5.74, 6) is -3.46. The van der Waals surface area contributed by atoms with Crippen molar-refractivity contribution in [3.63, 3.8) is 0 Å². The molecule has 1 atom stereocenters. The van der Waals surface area contributed by atoms with E-state index in [0.717, 1.165) is 0 Å². The standard InChI is InChI=1S/C16H13F4NO4/c1-9(15(22)23)8-24-11-2-4-12(5-3-11)25-14-13(17)6-10(7-21-14)16(18,19)20/h2-7,9H,8H2,1H3,(H,22,23)/p-1. The number of carboxylic acid groups (broad SMARTS) is 1. The molecule has 1 unspecified atom stereocenters. The van der Waals surface area contributed by atoms with Crippen LogP contribution in [0.1, 0.15) is 12.5 Å². The molecule has 134 valence electrons. The number of hydrogen-bond donors (Lipinski definition) is 0. The number of aliphatic carboxylic acids is 1. The molecular formula is C16H12F4NO4-. The van der Waals surface area contributed by atoms with Gasteiger partial charge in [-0.2, -0.15) is 13.2 Å². The molecule has 9 heteroatoms. The highest BCUT2D eigenvalue weighted by molar-refractivity contribution is 5.67. The number of carboxylic acids is 1.